The maximum absolute atomic E-state index is 12.5. The molecule has 3 aromatic carbocycles. The highest BCUT2D eigenvalue weighted by atomic mass is 31.2. The van der Waals surface area contributed by atoms with E-state index in [1.165, 1.54) is 15.9 Å². The summed E-state index contributed by atoms with van der Waals surface area (Å²) in [5.74, 6) is 0.150. The van der Waals surface area contributed by atoms with Gasteiger partial charge in [-0.1, -0.05) is 75.4 Å². The van der Waals surface area contributed by atoms with Crippen LogP contribution in [0.2, 0.25) is 0 Å². The number of carbonyl (C=O) groups is 1. The molecule has 0 atom stereocenters. The van der Waals surface area contributed by atoms with Crippen LogP contribution >= 0.6 is 7.26 Å². The topological polar surface area (TPSA) is 29.1 Å². The van der Waals surface area contributed by atoms with Crippen molar-refractivity contribution in [3.63, 3.8) is 0 Å². The summed E-state index contributed by atoms with van der Waals surface area (Å²) in [6.45, 7) is 7.21. The zero-order valence-corrected chi connectivity index (χ0v) is 19.2. The SMILES string of the molecule is CC(C)(C)CCC(=O)NCC[P+](c1ccccc1)(c1ccccc1)c1ccccc1. The van der Waals surface area contributed by atoms with Crippen LogP contribution in [-0.4, -0.2) is 18.6 Å². The molecule has 0 radical (unpaired) electrons. The standard InChI is InChI=1S/C27H32NOP/c1-27(2,3)20-19-26(29)28-21-22-30(23-13-7-4-8-14-23,24-15-9-5-10-16-24)25-17-11-6-12-18-25/h4-18H,19-22H2,1-3H3/p+1. The number of amides is 1. The van der Waals surface area contributed by atoms with Crippen LogP contribution < -0.4 is 21.2 Å². The van der Waals surface area contributed by atoms with Gasteiger partial charge in [0.1, 0.15) is 23.2 Å². The van der Waals surface area contributed by atoms with E-state index < -0.39 is 7.26 Å². The van der Waals surface area contributed by atoms with E-state index in [0.29, 0.717) is 13.0 Å². The van der Waals surface area contributed by atoms with Crippen molar-refractivity contribution in [3.05, 3.63) is 91.0 Å². The molecule has 0 aliphatic heterocycles. The molecule has 0 aliphatic rings. The van der Waals surface area contributed by atoms with Crippen LogP contribution in [0.1, 0.15) is 33.6 Å². The van der Waals surface area contributed by atoms with Crippen LogP contribution in [0.5, 0.6) is 0 Å². The van der Waals surface area contributed by atoms with Gasteiger partial charge < -0.3 is 5.32 Å². The van der Waals surface area contributed by atoms with Crippen molar-refractivity contribution in [1.82, 2.24) is 5.32 Å². The van der Waals surface area contributed by atoms with E-state index in [9.17, 15) is 4.79 Å². The van der Waals surface area contributed by atoms with Gasteiger partial charge in [-0.05, 0) is 48.2 Å². The summed E-state index contributed by atoms with van der Waals surface area (Å²) in [5.41, 5.74) is 0.173. The third-order valence-corrected chi connectivity index (χ3v) is 9.90. The first-order chi connectivity index (χ1) is 14.4. The summed E-state index contributed by atoms with van der Waals surface area (Å²) >= 11 is 0. The van der Waals surface area contributed by atoms with Gasteiger partial charge in [-0.3, -0.25) is 4.79 Å². The van der Waals surface area contributed by atoms with E-state index in [-0.39, 0.29) is 11.3 Å². The van der Waals surface area contributed by atoms with E-state index in [0.717, 1.165) is 12.6 Å². The van der Waals surface area contributed by atoms with Gasteiger partial charge >= 0.3 is 0 Å². The van der Waals surface area contributed by atoms with Gasteiger partial charge in [-0.2, -0.15) is 0 Å². The largest absolute Gasteiger partial charge is 0.352 e. The molecule has 3 aromatic rings. The molecule has 0 heterocycles. The van der Waals surface area contributed by atoms with E-state index in [1.54, 1.807) is 0 Å². The summed E-state index contributed by atoms with van der Waals surface area (Å²) in [6.07, 6.45) is 2.39. The third-order valence-electron chi connectivity index (χ3n) is 5.46. The first kappa shape index (κ1) is 22.2. The van der Waals surface area contributed by atoms with Crippen molar-refractivity contribution in [3.8, 4) is 0 Å². The summed E-state index contributed by atoms with van der Waals surface area (Å²) in [7, 11) is -1.88. The van der Waals surface area contributed by atoms with Crippen LogP contribution in [0.3, 0.4) is 0 Å². The van der Waals surface area contributed by atoms with Gasteiger partial charge in [-0.25, -0.2) is 0 Å². The van der Waals surface area contributed by atoms with E-state index in [4.69, 9.17) is 0 Å². The van der Waals surface area contributed by atoms with Crippen molar-refractivity contribution in [1.29, 1.82) is 0 Å². The lowest BCUT2D eigenvalue weighted by Crippen LogP contribution is -2.38. The average Bonchev–Trinajstić information content (AvgIpc) is 2.77. The van der Waals surface area contributed by atoms with Crippen molar-refractivity contribution >= 4 is 29.1 Å². The molecular formula is C27H33NOP+. The Hall–Kier alpha value is -2.44. The van der Waals surface area contributed by atoms with Gasteiger partial charge in [0.15, 0.2) is 0 Å². The van der Waals surface area contributed by atoms with Crippen LogP contribution in [0, 0.1) is 5.41 Å². The lowest BCUT2D eigenvalue weighted by Gasteiger charge is -2.28. The Kier molecular flexibility index (Phi) is 7.45. The molecule has 2 nitrogen and oxygen atoms in total. The molecule has 1 amide bonds. The number of hydrogen-bond acceptors (Lipinski definition) is 1. The highest BCUT2D eigenvalue weighted by Crippen LogP contribution is 2.54. The van der Waals surface area contributed by atoms with E-state index >= 15 is 0 Å². The zero-order chi connectivity index (χ0) is 21.5. The normalized spacial score (nSPS) is 11.8. The number of carbonyl (C=O) groups excluding carboxylic acids is 1. The Labute approximate surface area is 182 Å². The number of benzene rings is 3. The minimum atomic E-state index is -1.88. The number of rotatable bonds is 8. The van der Waals surface area contributed by atoms with Gasteiger partial charge in [0, 0.05) is 6.42 Å². The van der Waals surface area contributed by atoms with Crippen LogP contribution in [-0.2, 0) is 4.79 Å². The Morgan fingerprint density at radius 2 is 1.13 bits per heavy atom. The fourth-order valence-electron chi connectivity index (χ4n) is 3.82. The van der Waals surface area contributed by atoms with E-state index in [2.05, 4.69) is 117 Å². The smallest absolute Gasteiger partial charge is 0.220 e. The molecule has 3 heteroatoms. The molecule has 0 saturated carbocycles. The van der Waals surface area contributed by atoms with Crippen molar-refractivity contribution in [2.75, 3.05) is 12.7 Å². The van der Waals surface area contributed by atoms with Crippen molar-refractivity contribution < 1.29 is 4.79 Å². The molecule has 0 spiro atoms. The monoisotopic (exact) mass is 418 g/mol. The molecule has 0 unspecified atom stereocenters. The molecular weight excluding hydrogens is 385 g/mol. The van der Waals surface area contributed by atoms with Gasteiger partial charge in [-0.15, -0.1) is 0 Å². The molecule has 0 bridgehead atoms. The summed E-state index contributed by atoms with van der Waals surface area (Å²) in [5, 5.41) is 7.27. The lowest BCUT2D eigenvalue weighted by molar-refractivity contribution is -0.121. The molecule has 156 valence electrons. The molecule has 30 heavy (non-hydrogen) atoms. The second-order valence-corrected chi connectivity index (χ2v) is 12.6. The first-order valence-electron chi connectivity index (χ1n) is 10.7. The van der Waals surface area contributed by atoms with Crippen molar-refractivity contribution in [2.24, 2.45) is 5.41 Å². The Morgan fingerprint density at radius 1 is 0.733 bits per heavy atom. The maximum Gasteiger partial charge on any atom is 0.220 e. The Bertz CT molecular complexity index is 821. The fraction of sp³-hybridized carbons (Fsp3) is 0.296. The molecule has 0 saturated heterocycles. The summed E-state index contributed by atoms with van der Waals surface area (Å²) in [4.78, 5) is 12.5. The van der Waals surface area contributed by atoms with Gasteiger partial charge in [0.25, 0.3) is 0 Å². The minimum absolute atomic E-state index is 0.150. The van der Waals surface area contributed by atoms with Gasteiger partial charge in [0.2, 0.25) is 5.91 Å². The van der Waals surface area contributed by atoms with Crippen LogP contribution in [0.4, 0.5) is 0 Å². The summed E-state index contributed by atoms with van der Waals surface area (Å²) in [6, 6.07) is 32.4. The fourth-order valence-corrected chi connectivity index (χ4v) is 7.98. The Morgan fingerprint density at radius 3 is 1.50 bits per heavy atom. The Balaban J connectivity index is 1.93. The predicted octanol–water partition coefficient (Wildman–Crippen LogP) is 4.92. The molecule has 0 aliphatic carbocycles. The van der Waals surface area contributed by atoms with Crippen LogP contribution in [0.25, 0.3) is 0 Å². The molecule has 1 N–H and O–H groups in total. The molecule has 0 fully saturated rings. The predicted molar refractivity (Wildman–Crippen MR) is 132 cm³/mol. The van der Waals surface area contributed by atoms with Crippen molar-refractivity contribution in [2.45, 2.75) is 33.6 Å². The van der Waals surface area contributed by atoms with E-state index in [1.807, 2.05) is 0 Å². The quantitative estimate of drug-likeness (QED) is 0.517. The lowest BCUT2D eigenvalue weighted by atomic mass is 9.90. The maximum atomic E-state index is 12.5. The second kappa shape index (κ2) is 10.0. The number of hydrogen-bond donors (Lipinski definition) is 1. The third kappa shape index (κ3) is 5.58. The molecule has 3 rings (SSSR count). The number of nitrogens with one attached hydrogen (secondary N) is 1. The second-order valence-electron chi connectivity index (χ2n) is 8.95. The first-order valence-corrected chi connectivity index (χ1v) is 12.7. The highest BCUT2D eigenvalue weighted by molar-refractivity contribution is 7.95. The zero-order valence-electron chi connectivity index (χ0n) is 18.3. The highest BCUT2D eigenvalue weighted by Gasteiger charge is 2.44. The summed E-state index contributed by atoms with van der Waals surface area (Å²) < 4.78 is 0. The van der Waals surface area contributed by atoms with Gasteiger partial charge in [0.05, 0.1) is 12.7 Å². The molecule has 0 aromatic heterocycles. The average molecular weight is 419 g/mol. The van der Waals surface area contributed by atoms with Crippen LogP contribution in [0.15, 0.2) is 91.0 Å². The minimum Gasteiger partial charge on any atom is -0.352 e.